The molecule has 3 heteroatoms. The minimum absolute atomic E-state index is 0.0312. The molecular weight excluding hydrogens is 156 g/mol. The number of ether oxygens (including phenoxy) is 1. The van der Waals surface area contributed by atoms with E-state index in [1.54, 1.807) is 12.1 Å². The predicted octanol–water partition coefficient (Wildman–Crippen LogP) is 1.14. The molecule has 0 aliphatic rings. The summed E-state index contributed by atoms with van der Waals surface area (Å²) in [4.78, 5) is 10.5. The Balaban J connectivity index is 2.92. The molecule has 1 N–H and O–H groups in total. The fourth-order valence-corrected chi connectivity index (χ4v) is 0.915. The van der Waals surface area contributed by atoms with Crippen molar-refractivity contribution in [2.75, 3.05) is 7.11 Å². The van der Waals surface area contributed by atoms with E-state index in [0.717, 1.165) is 0 Å². The van der Waals surface area contributed by atoms with Gasteiger partial charge < -0.3 is 14.6 Å². The number of methoxy groups -OCH3 is 1. The third kappa shape index (κ3) is 1.75. The molecule has 1 aromatic carbocycles. The molecule has 1 aromatic rings. The fraction of sp³-hybridized carbons (Fsp3) is 0.222. The van der Waals surface area contributed by atoms with E-state index in [2.05, 4.69) is 0 Å². The van der Waals surface area contributed by atoms with Crippen LogP contribution in [-0.4, -0.2) is 18.5 Å². The number of aldehydes is 1. The van der Waals surface area contributed by atoms with Crippen LogP contribution in [0.2, 0.25) is 0 Å². The smallest absolute Gasteiger partial charge is 0.160 e. The van der Waals surface area contributed by atoms with Crippen LogP contribution in [0.5, 0.6) is 11.5 Å². The Labute approximate surface area is 72.0 Å². The average molecular weight is 168 g/mol. The van der Waals surface area contributed by atoms with Crippen LogP contribution >= 0.6 is 0 Å². The summed E-state index contributed by atoms with van der Waals surface area (Å²) in [7, 11) is 1.43. The van der Waals surface area contributed by atoms with Crippen LogP contribution in [0.1, 0.15) is 6.93 Å². The van der Waals surface area contributed by atoms with E-state index in [-0.39, 0.29) is 12.2 Å². The van der Waals surface area contributed by atoms with Gasteiger partial charge in [-0.15, -0.1) is 0 Å². The second-order valence-electron chi connectivity index (χ2n) is 2.33. The molecule has 12 heavy (non-hydrogen) atoms. The first-order valence-electron chi connectivity index (χ1n) is 3.99. The standard InChI is InChI=1S/C9H10O3/c1-12-9-6-7(4-5-10)2-3-8(9)11/h2-3,5-6,11H,4H2,1H3/i5T. The summed E-state index contributed by atoms with van der Waals surface area (Å²) in [6.45, 7) is 0. The van der Waals surface area contributed by atoms with Crippen LogP contribution in [0.25, 0.3) is 0 Å². The van der Waals surface area contributed by atoms with Crippen molar-refractivity contribution in [3.8, 4) is 11.5 Å². The molecule has 1 rings (SSSR count). The lowest BCUT2D eigenvalue weighted by molar-refractivity contribution is -0.107. The van der Waals surface area contributed by atoms with Crippen molar-refractivity contribution >= 4 is 6.26 Å². The Hall–Kier alpha value is -1.51. The zero-order chi connectivity index (χ0) is 9.84. The normalized spacial score (nSPS) is 10.6. The van der Waals surface area contributed by atoms with E-state index in [9.17, 15) is 9.90 Å². The Morgan fingerprint density at radius 2 is 2.50 bits per heavy atom. The molecule has 0 bridgehead atoms. The highest BCUT2D eigenvalue weighted by Gasteiger charge is 2.01. The van der Waals surface area contributed by atoms with Gasteiger partial charge in [0, 0.05) is 6.42 Å². The molecule has 0 radical (unpaired) electrons. The SMILES string of the molecule is [3H]C(=O)Cc1ccc(O)c(OC)c1. The lowest BCUT2D eigenvalue weighted by atomic mass is 10.1. The topological polar surface area (TPSA) is 46.5 Å². The van der Waals surface area contributed by atoms with E-state index < -0.39 is 6.26 Å². The van der Waals surface area contributed by atoms with Gasteiger partial charge in [0.1, 0.15) is 7.63 Å². The molecule has 0 unspecified atom stereocenters. The zero-order valence-corrected chi connectivity index (χ0v) is 6.70. The summed E-state index contributed by atoms with van der Waals surface area (Å²) >= 11 is 0. The number of hydrogen-bond acceptors (Lipinski definition) is 3. The van der Waals surface area contributed by atoms with Gasteiger partial charge in [0.15, 0.2) is 11.5 Å². The van der Waals surface area contributed by atoms with Crippen LogP contribution in [0.3, 0.4) is 0 Å². The first kappa shape index (κ1) is 7.16. The van der Waals surface area contributed by atoms with E-state index in [1.165, 1.54) is 13.2 Å². The second-order valence-corrected chi connectivity index (χ2v) is 2.33. The van der Waals surface area contributed by atoms with Gasteiger partial charge in [-0.3, -0.25) is 0 Å². The van der Waals surface area contributed by atoms with Gasteiger partial charge >= 0.3 is 0 Å². The van der Waals surface area contributed by atoms with Crippen molar-refractivity contribution in [3.05, 3.63) is 23.8 Å². The van der Waals surface area contributed by atoms with Crippen LogP contribution in [0.15, 0.2) is 18.2 Å². The van der Waals surface area contributed by atoms with Crippen molar-refractivity contribution in [2.24, 2.45) is 0 Å². The maximum absolute atomic E-state index is 10.5. The summed E-state index contributed by atoms with van der Waals surface area (Å²) in [5, 5.41) is 9.21. The van der Waals surface area contributed by atoms with Crippen molar-refractivity contribution in [3.63, 3.8) is 0 Å². The Morgan fingerprint density at radius 3 is 3.08 bits per heavy atom. The number of phenols is 1. The quantitative estimate of drug-likeness (QED) is 0.688. The largest absolute Gasteiger partial charge is 0.504 e. The predicted molar refractivity (Wildman–Crippen MR) is 44.4 cm³/mol. The first-order valence-corrected chi connectivity index (χ1v) is 3.49. The molecule has 0 aliphatic carbocycles. The fourth-order valence-electron chi connectivity index (χ4n) is 0.915. The Kier molecular flexibility index (Phi) is 2.24. The van der Waals surface area contributed by atoms with Crippen molar-refractivity contribution in [1.29, 1.82) is 0 Å². The molecule has 0 fully saturated rings. The van der Waals surface area contributed by atoms with Crippen molar-refractivity contribution < 1.29 is 16.0 Å². The van der Waals surface area contributed by atoms with Gasteiger partial charge in [-0.25, -0.2) is 0 Å². The number of phenolic OH excluding ortho intramolecular Hbond substituents is 1. The number of hydrogen-bond donors (Lipinski definition) is 1. The minimum atomic E-state index is -0.659. The number of benzene rings is 1. The Morgan fingerprint density at radius 1 is 1.75 bits per heavy atom. The maximum Gasteiger partial charge on any atom is 0.160 e. The third-order valence-electron chi connectivity index (χ3n) is 1.52. The minimum Gasteiger partial charge on any atom is -0.504 e. The summed E-state index contributed by atoms with van der Waals surface area (Å²) in [6, 6.07) is 4.57. The van der Waals surface area contributed by atoms with Crippen LogP contribution in [-0.2, 0) is 11.2 Å². The van der Waals surface area contributed by atoms with Crippen LogP contribution in [0, 0.1) is 0 Å². The van der Waals surface area contributed by atoms with Gasteiger partial charge in [-0.05, 0) is 17.7 Å². The van der Waals surface area contributed by atoms with Gasteiger partial charge in [0.05, 0.1) is 7.11 Å². The number of carbonyl (C=O) groups excluding carboxylic acids is 1. The molecule has 0 saturated carbocycles. The lowest BCUT2D eigenvalue weighted by Gasteiger charge is -2.03. The lowest BCUT2D eigenvalue weighted by Crippen LogP contribution is -1.88. The third-order valence-corrected chi connectivity index (χ3v) is 1.52. The molecule has 0 heterocycles. The molecule has 64 valence electrons. The van der Waals surface area contributed by atoms with E-state index in [1.807, 2.05) is 0 Å². The molecule has 0 amide bonds. The molecule has 0 saturated heterocycles. The molecule has 0 aromatic heterocycles. The summed E-state index contributed by atoms with van der Waals surface area (Å²) in [6.07, 6.45) is -0.621. The molecule has 0 aliphatic heterocycles. The highest BCUT2D eigenvalue weighted by atomic mass is 16.5. The van der Waals surface area contributed by atoms with Gasteiger partial charge in [-0.2, -0.15) is 0 Å². The van der Waals surface area contributed by atoms with Crippen molar-refractivity contribution in [1.82, 2.24) is 0 Å². The maximum atomic E-state index is 10.5. The Bertz CT molecular complexity index is 323. The van der Waals surface area contributed by atoms with Crippen molar-refractivity contribution in [2.45, 2.75) is 6.42 Å². The molecule has 0 spiro atoms. The monoisotopic (exact) mass is 168 g/mol. The number of aromatic hydroxyl groups is 1. The average Bonchev–Trinajstić information content (AvgIpc) is 2.07. The number of carbonyl (C=O) groups is 1. The highest BCUT2D eigenvalue weighted by Crippen LogP contribution is 2.25. The second kappa shape index (κ2) is 3.76. The van der Waals surface area contributed by atoms with Crippen LogP contribution in [0.4, 0.5) is 0 Å². The van der Waals surface area contributed by atoms with E-state index >= 15 is 0 Å². The van der Waals surface area contributed by atoms with Gasteiger partial charge in [0.25, 0.3) is 0 Å². The molecule has 3 nitrogen and oxygen atoms in total. The van der Waals surface area contributed by atoms with E-state index in [0.29, 0.717) is 11.3 Å². The number of rotatable bonds is 3. The van der Waals surface area contributed by atoms with Gasteiger partial charge in [-0.1, -0.05) is 6.07 Å². The zero-order valence-electron chi connectivity index (χ0n) is 7.70. The highest BCUT2D eigenvalue weighted by molar-refractivity contribution is 5.56. The van der Waals surface area contributed by atoms with E-state index in [4.69, 9.17) is 6.11 Å². The summed E-state index contributed by atoms with van der Waals surface area (Å²) < 4.78 is 11.6. The van der Waals surface area contributed by atoms with Crippen LogP contribution < -0.4 is 4.74 Å². The summed E-state index contributed by atoms with van der Waals surface area (Å²) in [5.74, 6) is 0.349. The molecular formula is C9H10O3. The molecule has 0 atom stereocenters. The first-order chi connectivity index (χ1) is 6.13. The summed E-state index contributed by atoms with van der Waals surface area (Å²) in [5.41, 5.74) is 0.662. The van der Waals surface area contributed by atoms with Gasteiger partial charge in [0.2, 0.25) is 0 Å².